The Morgan fingerprint density at radius 1 is 0.792 bits per heavy atom. The molecular weight excluding hydrogens is 636 g/mol. The third kappa shape index (κ3) is 4.78. The first-order valence-corrected chi connectivity index (χ1v) is 16.3. The summed E-state index contributed by atoms with van der Waals surface area (Å²) in [5, 5.41) is 21.3. The van der Waals surface area contributed by atoms with Crippen LogP contribution in [0.5, 0.6) is 11.5 Å². The molecule has 48 heavy (non-hydrogen) atoms. The van der Waals surface area contributed by atoms with Gasteiger partial charge < -0.3 is 29.3 Å². The average molecular weight is 679 g/mol. The lowest BCUT2D eigenvalue weighted by atomic mass is 9.53. The number of carbonyl (C=O) groups is 3. The molecule has 256 valence electrons. The number of aromatic hydroxyl groups is 1. The van der Waals surface area contributed by atoms with Crippen molar-refractivity contribution < 1.29 is 38.8 Å². The first-order valence-electron chi connectivity index (χ1n) is 16.3. The molecule has 7 aliphatic rings. The van der Waals surface area contributed by atoms with Crippen LogP contribution in [-0.2, 0) is 35.7 Å². The fraction of sp³-hybridized carbons (Fsp3) is 0.486. The van der Waals surface area contributed by atoms with Gasteiger partial charge in [-0.05, 0) is 81.9 Å². The second kappa shape index (κ2) is 12.2. The second-order valence-corrected chi connectivity index (χ2v) is 14.0. The highest BCUT2D eigenvalue weighted by atomic mass is 35.5. The lowest BCUT2D eigenvalue weighted by Gasteiger charge is -2.56. The predicted molar refractivity (Wildman–Crippen MR) is 180 cm³/mol. The maximum Gasteiger partial charge on any atom is 0.220 e. The quantitative estimate of drug-likeness (QED) is 0.482. The summed E-state index contributed by atoms with van der Waals surface area (Å²) in [5.74, 6) is 1.09. The number of nitrogens with zero attached hydrogens (tertiary/aromatic N) is 2. The number of methoxy groups -OCH3 is 3. The Kier molecular flexibility index (Phi) is 8.67. The molecule has 0 aromatic heterocycles. The maximum absolute atomic E-state index is 12.6. The molecule has 1 aromatic carbocycles. The number of piperidine rings is 2. The molecular formula is C37H43ClN2O8. The summed E-state index contributed by atoms with van der Waals surface area (Å²) in [6, 6.07) is 4.31. The fourth-order valence-electron chi connectivity index (χ4n) is 9.64. The highest BCUT2D eigenvalue weighted by Gasteiger charge is 2.58. The van der Waals surface area contributed by atoms with Gasteiger partial charge in [-0.2, -0.15) is 0 Å². The Balaban J connectivity index is 0.000000164. The summed E-state index contributed by atoms with van der Waals surface area (Å²) >= 11 is 0. The standard InChI is InChI=1S/C19H23NO4.C18H19NO4.ClH/c1-20-7-6-19-10-14(21)16(24-3)9-12(19)13(20)8-11-4-5-15(23-2)18(22)17(11)19;1-19-6-5-18-9-14(21)15(23-2)8-11(18)12(19)7-10-3-4-13(20)17(22)16(10)18;/h4-5,9,12-13,22H,6-8,10H2,1-3H3;3-4,7-8,11-12,22H,5-6,9H2,1-2H3;1H/t12?,13-,19+;11?,12-,18+;/m00./s1. The summed E-state index contributed by atoms with van der Waals surface area (Å²) in [4.78, 5) is 41.7. The fourth-order valence-corrected chi connectivity index (χ4v) is 9.64. The van der Waals surface area contributed by atoms with Crippen LogP contribution in [0.3, 0.4) is 0 Å². The second-order valence-electron chi connectivity index (χ2n) is 14.0. The minimum Gasteiger partial charge on any atom is -0.504 e. The van der Waals surface area contributed by atoms with Gasteiger partial charge in [0.15, 0.2) is 40.3 Å². The SMILES string of the molecule is COC1=CC2[C@@H]3C=C4C=CC(=O)C(O)=C4[C@]2(CCN3C)CC1=O.COC1=CC2[C@@H]3Cc4ccc(OC)c(O)c4[C@]2(CCN3C)CC1=O.Cl. The summed E-state index contributed by atoms with van der Waals surface area (Å²) < 4.78 is 15.9. The monoisotopic (exact) mass is 678 g/mol. The van der Waals surface area contributed by atoms with E-state index in [0.29, 0.717) is 35.3 Å². The van der Waals surface area contributed by atoms with E-state index in [2.05, 4.69) is 30.0 Å². The molecule has 6 atom stereocenters. The molecule has 2 fully saturated rings. The van der Waals surface area contributed by atoms with Crippen molar-refractivity contribution in [3.63, 3.8) is 0 Å². The molecule has 2 aliphatic heterocycles. The van der Waals surface area contributed by atoms with Gasteiger partial charge >= 0.3 is 0 Å². The number of ketones is 3. The number of hydrogen-bond donors (Lipinski definition) is 2. The van der Waals surface area contributed by atoms with Gasteiger partial charge in [-0.3, -0.25) is 19.3 Å². The van der Waals surface area contributed by atoms with Crippen molar-refractivity contribution in [3.8, 4) is 11.5 Å². The maximum atomic E-state index is 12.6. The summed E-state index contributed by atoms with van der Waals surface area (Å²) in [7, 11) is 8.83. The van der Waals surface area contributed by atoms with Crippen LogP contribution >= 0.6 is 12.4 Å². The molecule has 1 aromatic rings. The molecule has 4 bridgehead atoms. The smallest absolute Gasteiger partial charge is 0.220 e. The van der Waals surface area contributed by atoms with Crippen LogP contribution in [-0.4, -0.2) is 98.0 Å². The van der Waals surface area contributed by atoms with Crippen LogP contribution < -0.4 is 4.74 Å². The van der Waals surface area contributed by atoms with Crippen molar-refractivity contribution in [3.05, 3.63) is 82.1 Å². The number of ether oxygens (including phenoxy) is 3. The molecule has 2 heterocycles. The number of aliphatic hydroxyl groups is 1. The number of phenols is 1. The van der Waals surface area contributed by atoms with Crippen molar-refractivity contribution in [1.82, 2.24) is 9.80 Å². The van der Waals surface area contributed by atoms with Crippen molar-refractivity contribution >= 4 is 29.8 Å². The van der Waals surface area contributed by atoms with E-state index in [1.165, 1.54) is 13.2 Å². The van der Waals surface area contributed by atoms with Gasteiger partial charge in [0.25, 0.3) is 0 Å². The Hall–Kier alpha value is -3.86. The average Bonchev–Trinajstić information content (AvgIpc) is 3.05. The van der Waals surface area contributed by atoms with Crippen molar-refractivity contribution in [2.75, 3.05) is 48.5 Å². The topological polar surface area (TPSA) is 126 Å². The van der Waals surface area contributed by atoms with Gasteiger partial charge in [0.2, 0.25) is 5.78 Å². The number of allylic oxidation sites excluding steroid dienone is 6. The van der Waals surface area contributed by atoms with Crippen LogP contribution in [0, 0.1) is 17.3 Å². The first-order chi connectivity index (χ1) is 22.5. The number of likely N-dealkylation sites (N-methyl/N-ethyl adjacent to an activating group) is 2. The van der Waals surface area contributed by atoms with E-state index in [-0.39, 0.29) is 71.0 Å². The minimum absolute atomic E-state index is 0. The molecule has 0 spiro atoms. The number of likely N-dealkylation sites (tertiary alicyclic amines) is 2. The van der Waals surface area contributed by atoms with Gasteiger partial charge in [0, 0.05) is 58.7 Å². The van der Waals surface area contributed by atoms with Crippen molar-refractivity contribution in [1.29, 1.82) is 0 Å². The Morgan fingerprint density at radius 2 is 1.42 bits per heavy atom. The molecule has 2 unspecified atom stereocenters. The number of Topliss-reactive ketones (excluding diaryl/α,β-unsaturated/α-hetero) is 2. The van der Waals surface area contributed by atoms with Gasteiger partial charge in [0.05, 0.1) is 21.3 Å². The van der Waals surface area contributed by atoms with Gasteiger partial charge in [-0.25, -0.2) is 0 Å². The molecule has 2 N–H and O–H groups in total. The van der Waals surface area contributed by atoms with Crippen LogP contribution in [0.25, 0.3) is 0 Å². The lowest BCUT2D eigenvalue weighted by molar-refractivity contribution is -0.124. The van der Waals surface area contributed by atoms with Crippen molar-refractivity contribution in [2.24, 2.45) is 17.3 Å². The number of rotatable bonds is 3. The number of carbonyl (C=O) groups excluding carboxylic acids is 3. The van der Waals surface area contributed by atoms with Gasteiger partial charge in [-0.15, -0.1) is 12.4 Å². The first kappa shape index (κ1) is 34.0. The lowest BCUT2D eigenvalue weighted by Crippen LogP contribution is -2.60. The van der Waals surface area contributed by atoms with E-state index in [0.717, 1.165) is 49.1 Å². The highest BCUT2D eigenvalue weighted by Crippen LogP contribution is 2.59. The summed E-state index contributed by atoms with van der Waals surface area (Å²) in [5.41, 5.74) is 2.70. The Morgan fingerprint density at radius 3 is 2.08 bits per heavy atom. The predicted octanol–water partition coefficient (Wildman–Crippen LogP) is 4.13. The van der Waals surface area contributed by atoms with E-state index in [1.54, 1.807) is 20.3 Å². The van der Waals surface area contributed by atoms with Crippen LogP contribution in [0.4, 0.5) is 0 Å². The largest absolute Gasteiger partial charge is 0.504 e. The van der Waals surface area contributed by atoms with Crippen LogP contribution in [0.1, 0.15) is 36.8 Å². The zero-order valence-electron chi connectivity index (χ0n) is 27.9. The van der Waals surface area contributed by atoms with E-state index in [1.807, 2.05) is 24.3 Å². The normalized spacial score (nSPS) is 33.3. The Labute approximate surface area is 286 Å². The van der Waals surface area contributed by atoms with Gasteiger partial charge in [-0.1, -0.05) is 18.2 Å². The molecule has 5 aliphatic carbocycles. The molecule has 10 nitrogen and oxygen atoms in total. The van der Waals surface area contributed by atoms with E-state index in [9.17, 15) is 24.6 Å². The zero-order chi connectivity index (χ0) is 33.4. The number of hydrogen-bond acceptors (Lipinski definition) is 10. The number of benzene rings is 1. The third-order valence-corrected chi connectivity index (χ3v) is 12.0. The number of halogens is 1. The summed E-state index contributed by atoms with van der Waals surface area (Å²) in [6.45, 7) is 1.74. The molecule has 8 rings (SSSR count). The third-order valence-electron chi connectivity index (χ3n) is 12.0. The van der Waals surface area contributed by atoms with Gasteiger partial charge in [0.1, 0.15) is 0 Å². The van der Waals surface area contributed by atoms with E-state index in [4.69, 9.17) is 14.2 Å². The zero-order valence-corrected chi connectivity index (χ0v) is 28.8. The van der Waals surface area contributed by atoms with E-state index < -0.39 is 5.41 Å². The minimum atomic E-state index is -0.509. The molecule has 11 heteroatoms. The van der Waals surface area contributed by atoms with Crippen molar-refractivity contribution in [2.45, 2.75) is 49.6 Å². The Bertz CT molecular complexity index is 1740. The number of fused-ring (bicyclic) bond motifs is 2. The van der Waals surface area contributed by atoms with E-state index >= 15 is 0 Å². The highest BCUT2D eigenvalue weighted by molar-refractivity contribution is 6.06. The summed E-state index contributed by atoms with van der Waals surface area (Å²) in [6.07, 6.45) is 12.2. The molecule has 0 amide bonds. The van der Waals surface area contributed by atoms with Crippen LogP contribution in [0.2, 0.25) is 0 Å². The number of phenolic OH excluding ortho intramolecular Hbond substituents is 1. The number of aliphatic hydroxyl groups excluding tert-OH is 1. The van der Waals surface area contributed by atoms with Crippen LogP contribution in [0.15, 0.2) is 70.9 Å². The molecule has 0 saturated carbocycles. The molecule has 2 saturated heterocycles. The molecule has 0 radical (unpaired) electrons.